The van der Waals surface area contributed by atoms with Crippen molar-refractivity contribution in [3.8, 4) is 0 Å². The topological polar surface area (TPSA) is 57.5 Å². The molecule has 2 fully saturated rings. The first-order chi connectivity index (χ1) is 12.5. The molecular weight excluding hydrogens is 324 g/mol. The predicted octanol–water partition coefficient (Wildman–Crippen LogP) is 5.02. The van der Waals surface area contributed by atoms with Gasteiger partial charge >= 0.3 is 5.97 Å². The highest BCUT2D eigenvalue weighted by molar-refractivity contribution is 5.88. The van der Waals surface area contributed by atoms with Gasteiger partial charge in [-0.2, -0.15) is 0 Å². The highest BCUT2D eigenvalue weighted by atomic mass is 16.4. The van der Waals surface area contributed by atoms with Crippen molar-refractivity contribution >= 4 is 5.97 Å². The molecule has 1 unspecified atom stereocenters. The summed E-state index contributed by atoms with van der Waals surface area (Å²) in [7, 11) is 0. The maximum Gasteiger partial charge on any atom is 0.335 e. The van der Waals surface area contributed by atoms with Gasteiger partial charge in [0, 0.05) is 0 Å². The molecule has 0 heterocycles. The van der Waals surface area contributed by atoms with E-state index in [2.05, 4.69) is 19.9 Å². The van der Waals surface area contributed by atoms with E-state index in [0.29, 0.717) is 29.2 Å². The van der Waals surface area contributed by atoms with Gasteiger partial charge in [-0.15, -0.1) is 0 Å². The fraction of sp³-hybridized carbons (Fsp3) is 0.696. The van der Waals surface area contributed by atoms with E-state index in [0.717, 1.165) is 19.3 Å². The molecule has 0 radical (unpaired) electrons. The van der Waals surface area contributed by atoms with E-state index in [9.17, 15) is 15.0 Å². The minimum absolute atomic E-state index is 0.138. The average molecular weight is 357 g/mol. The number of rotatable bonds is 4. The first-order valence-corrected chi connectivity index (χ1v) is 10.5. The summed E-state index contributed by atoms with van der Waals surface area (Å²) in [5, 5.41) is 20.0. The average Bonchev–Trinajstić information content (AvgIpc) is 2.98. The van der Waals surface area contributed by atoms with E-state index in [1.807, 2.05) is 6.07 Å². The molecule has 6 atom stereocenters. The lowest BCUT2D eigenvalue weighted by Crippen LogP contribution is -2.44. The van der Waals surface area contributed by atoms with Crippen molar-refractivity contribution in [3.05, 3.63) is 34.9 Å². The van der Waals surface area contributed by atoms with E-state index in [1.165, 1.54) is 43.2 Å². The predicted molar refractivity (Wildman–Crippen MR) is 102 cm³/mol. The Morgan fingerprint density at radius 1 is 1.27 bits per heavy atom. The van der Waals surface area contributed by atoms with Crippen molar-refractivity contribution < 1.29 is 15.0 Å². The van der Waals surface area contributed by atoms with Gasteiger partial charge < -0.3 is 10.2 Å². The zero-order valence-corrected chi connectivity index (χ0v) is 16.1. The molecule has 2 saturated carbocycles. The summed E-state index contributed by atoms with van der Waals surface area (Å²) in [5.74, 6) is 1.64. The summed E-state index contributed by atoms with van der Waals surface area (Å²) in [6, 6.07) is 5.79. The molecule has 0 aliphatic heterocycles. The molecule has 3 heteroatoms. The molecule has 26 heavy (non-hydrogen) atoms. The van der Waals surface area contributed by atoms with Crippen LogP contribution in [0.2, 0.25) is 0 Å². The number of hydrogen-bond donors (Lipinski definition) is 2. The van der Waals surface area contributed by atoms with E-state index in [4.69, 9.17) is 0 Å². The number of fused-ring (bicyclic) bond motifs is 5. The lowest BCUT2D eigenvalue weighted by Gasteiger charge is -2.51. The Morgan fingerprint density at radius 3 is 2.81 bits per heavy atom. The first kappa shape index (κ1) is 18.0. The van der Waals surface area contributed by atoms with Gasteiger partial charge in [-0.3, -0.25) is 0 Å². The van der Waals surface area contributed by atoms with Crippen molar-refractivity contribution in [2.75, 3.05) is 0 Å². The SMILES string of the molecule is CCCC(O)[C@H]1CC[C@H]2[C@@H]3CCc4cc(C(=O)O)ccc4[C@H]3CC[C@]12C. The molecule has 3 aliphatic rings. The molecule has 0 aromatic heterocycles. The van der Waals surface area contributed by atoms with Crippen LogP contribution >= 0.6 is 0 Å². The van der Waals surface area contributed by atoms with E-state index in [-0.39, 0.29) is 11.5 Å². The smallest absolute Gasteiger partial charge is 0.335 e. The largest absolute Gasteiger partial charge is 0.478 e. The number of carbonyl (C=O) groups is 1. The van der Waals surface area contributed by atoms with Crippen LogP contribution in [0.25, 0.3) is 0 Å². The molecule has 0 amide bonds. The molecule has 1 aromatic rings. The zero-order chi connectivity index (χ0) is 18.5. The maximum atomic E-state index is 11.3. The number of aliphatic hydroxyl groups excluding tert-OH is 1. The number of carboxylic acid groups (broad SMARTS) is 1. The third-order valence-corrected chi connectivity index (χ3v) is 8.10. The summed E-state index contributed by atoms with van der Waals surface area (Å²) < 4.78 is 0. The fourth-order valence-electron chi connectivity index (χ4n) is 6.88. The van der Waals surface area contributed by atoms with E-state index >= 15 is 0 Å². The molecule has 0 spiro atoms. The van der Waals surface area contributed by atoms with Gasteiger partial charge in [-0.05, 0) is 97.3 Å². The Labute approximate surface area is 156 Å². The summed E-state index contributed by atoms with van der Waals surface area (Å²) in [5.41, 5.74) is 3.38. The van der Waals surface area contributed by atoms with Gasteiger partial charge in [0.1, 0.15) is 0 Å². The Bertz CT molecular complexity index is 697. The zero-order valence-electron chi connectivity index (χ0n) is 16.1. The van der Waals surface area contributed by atoms with Crippen molar-refractivity contribution in [3.63, 3.8) is 0 Å². The molecule has 0 bridgehead atoms. The standard InChI is InChI=1S/C23H32O3/c1-3-4-21(24)20-10-9-19-18-8-5-14-13-15(22(25)26)6-7-16(14)17(18)11-12-23(19,20)2/h6-7,13,17-21,24H,3-5,8-12H2,1-2H3,(H,25,26)/t17-,18-,19+,20-,21?,23+/m1/s1. The number of carboxylic acids is 1. The third-order valence-electron chi connectivity index (χ3n) is 8.10. The Kier molecular flexibility index (Phi) is 4.63. The number of aryl methyl sites for hydroxylation is 1. The Balaban J connectivity index is 1.60. The van der Waals surface area contributed by atoms with Gasteiger partial charge in [0.05, 0.1) is 11.7 Å². The normalized spacial score (nSPS) is 36.7. The summed E-state index contributed by atoms with van der Waals surface area (Å²) >= 11 is 0. The van der Waals surface area contributed by atoms with Crippen LogP contribution in [0.1, 0.15) is 86.2 Å². The molecule has 0 saturated heterocycles. The van der Waals surface area contributed by atoms with Crippen molar-refractivity contribution in [2.24, 2.45) is 23.2 Å². The van der Waals surface area contributed by atoms with Crippen LogP contribution in [0.3, 0.4) is 0 Å². The van der Waals surface area contributed by atoms with Crippen LogP contribution in [0.4, 0.5) is 0 Å². The fourth-order valence-corrected chi connectivity index (χ4v) is 6.88. The highest BCUT2D eigenvalue weighted by Crippen LogP contribution is 2.63. The van der Waals surface area contributed by atoms with Crippen molar-refractivity contribution in [1.29, 1.82) is 0 Å². The molecule has 2 N–H and O–H groups in total. The Hall–Kier alpha value is -1.35. The number of hydrogen-bond acceptors (Lipinski definition) is 2. The van der Waals surface area contributed by atoms with E-state index < -0.39 is 5.97 Å². The van der Waals surface area contributed by atoms with Crippen LogP contribution in [0.5, 0.6) is 0 Å². The highest BCUT2D eigenvalue weighted by Gasteiger charge is 2.55. The second-order valence-electron chi connectivity index (χ2n) is 9.22. The van der Waals surface area contributed by atoms with Crippen LogP contribution < -0.4 is 0 Å². The van der Waals surface area contributed by atoms with Gasteiger partial charge in [0.15, 0.2) is 0 Å². The van der Waals surface area contributed by atoms with Crippen molar-refractivity contribution in [1.82, 2.24) is 0 Å². The molecule has 142 valence electrons. The summed E-state index contributed by atoms with van der Waals surface area (Å²) in [6.45, 7) is 4.62. The van der Waals surface area contributed by atoms with E-state index in [1.54, 1.807) is 6.07 Å². The van der Waals surface area contributed by atoms with Gasteiger partial charge in [-0.25, -0.2) is 4.79 Å². The summed E-state index contributed by atoms with van der Waals surface area (Å²) in [6.07, 6.45) is 8.86. The van der Waals surface area contributed by atoms with Gasteiger partial charge in [0.2, 0.25) is 0 Å². The monoisotopic (exact) mass is 356 g/mol. The van der Waals surface area contributed by atoms with Crippen LogP contribution in [0, 0.1) is 23.2 Å². The van der Waals surface area contributed by atoms with Crippen LogP contribution in [0.15, 0.2) is 18.2 Å². The Morgan fingerprint density at radius 2 is 2.08 bits per heavy atom. The number of aliphatic hydroxyl groups is 1. The number of benzene rings is 1. The molecule has 3 nitrogen and oxygen atoms in total. The molecule has 1 aromatic carbocycles. The lowest BCUT2D eigenvalue weighted by atomic mass is 9.53. The molecule has 3 aliphatic carbocycles. The number of aromatic carboxylic acids is 1. The lowest BCUT2D eigenvalue weighted by molar-refractivity contribution is -0.0270. The first-order valence-electron chi connectivity index (χ1n) is 10.5. The molecule has 4 rings (SSSR count). The van der Waals surface area contributed by atoms with Crippen LogP contribution in [-0.4, -0.2) is 22.3 Å². The minimum atomic E-state index is -0.824. The summed E-state index contributed by atoms with van der Waals surface area (Å²) in [4.78, 5) is 11.3. The minimum Gasteiger partial charge on any atom is -0.478 e. The van der Waals surface area contributed by atoms with Gasteiger partial charge in [-0.1, -0.05) is 26.3 Å². The van der Waals surface area contributed by atoms with Crippen molar-refractivity contribution in [2.45, 2.75) is 77.2 Å². The van der Waals surface area contributed by atoms with Crippen LogP contribution in [-0.2, 0) is 6.42 Å². The van der Waals surface area contributed by atoms with Gasteiger partial charge in [0.25, 0.3) is 0 Å². The quantitative estimate of drug-likeness (QED) is 0.796. The molecular formula is C23H32O3. The second kappa shape index (κ2) is 6.67. The third kappa shape index (κ3) is 2.70. The second-order valence-corrected chi connectivity index (χ2v) is 9.22. The maximum absolute atomic E-state index is 11.3.